The molecule has 1 aliphatic heterocycles. The summed E-state index contributed by atoms with van der Waals surface area (Å²) < 4.78 is 24.4. The second kappa shape index (κ2) is 3.93. The summed E-state index contributed by atoms with van der Waals surface area (Å²) in [5, 5.41) is 0. The van der Waals surface area contributed by atoms with Gasteiger partial charge < -0.3 is 15.2 Å². The molecule has 1 saturated heterocycles. The summed E-state index contributed by atoms with van der Waals surface area (Å²) in [6, 6.07) is 4.70. The Labute approximate surface area is 106 Å². The average Bonchev–Trinajstić information content (AvgIpc) is 3.09. The standard InChI is InChI=1S/C14H18FNO2/c1-17-12-3-2-10(15)6-11(12)14(8-18-9-14)13(7-16)4-5-13/h2-3,6H,4-5,7-9,16H2,1H3. The van der Waals surface area contributed by atoms with E-state index in [-0.39, 0.29) is 16.6 Å². The van der Waals surface area contributed by atoms with Crippen LogP contribution in [0.3, 0.4) is 0 Å². The Bertz CT molecular complexity index is 467. The van der Waals surface area contributed by atoms with Gasteiger partial charge in [-0.1, -0.05) is 0 Å². The van der Waals surface area contributed by atoms with Crippen molar-refractivity contribution in [2.24, 2.45) is 11.1 Å². The highest BCUT2D eigenvalue weighted by atomic mass is 19.1. The number of hydrogen-bond acceptors (Lipinski definition) is 3. The van der Waals surface area contributed by atoms with Gasteiger partial charge in [0, 0.05) is 5.56 Å². The first-order valence-electron chi connectivity index (χ1n) is 6.29. The Morgan fingerprint density at radius 3 is 2.56 bits per heavy atom. The van der Waals surface area contributed by atoms with Gasteiger partial charge in [-0.2, -0.15) is 0 Å². The van der Waals surface area contributed by atoms with Crippen molar-refractivity contribution < 1.29 is 13.9 Å². The first kappa shape index (κ1) is 11.9. The zero-order valence-electron chi connectivity index (χ0n) is 10.5. The molecular formula is C14H18FNO2. The minimum absolute atomic E-state index is 0.0757. The van der Waals surface area contributed by atoms with E-state index in [1.165, 1.54) is 6.07 Å². The summed E-state index contributed by atoms with van der Waals surface area (Å²) >= 11 is 0. The summed E-state index contributed by atoms with van der Waals surface area (Å²) in [7, 11) is 1.62. The lowest BCUT2D eigenvalue weighted by molar-refractivity contribution is -0.0982. The molecular weight excluding hydrogens is 233 g/mol. The number of rotatable bonds is 4. The van der Waals surface area contributed by atoms with Crippen molar-refractivity contribution in [1.29, 1.82) is 0 Å². The quantitative estimate of drug-likeness (QED) is 0.888. The van der Waals surface area contributed by atoms with Gasteiger partial charge in [-0.3, -0.25) is 0 Å². The number of benzene rings is 1. The van der Waals surface area contributed by atoms with Crippen molar-refractivity contribution in [2.45, 2.75) is 18.3 Å². The van der Waals surface area contributed by atoms with Gasteiger partial charge in [-0.05, 0) is 43.0 Å². The summed E-state index contributed by atoms with van der Waals surface area (Å²) in [4.78, 5) is 0. The predicted molar refractivity (Wildman–Crippen MR) is 66.2 cm³/mol. The molecule has 2 N–H and O–H groups in total. The van der Waals surface area contributed by atoms with Gasteiger partial charge in [-0.15, -0.1) is 0 Å². The maximum Gasteiger partial charge on any atom is 0.123 e. The largest absolute Gasteiger partial charge is 0.496 e. The number of hydrogen-bond donors (Lipinski definition) is 1. The monoisotopic (exact) mass is 251 g/mol. The van der Waals surface area contributed by atoms with Crippen molar-refractivity contribution in [1.82, 2.24) is 0 Å². The third kappa shape index (κ3) is 1.42. The van der Waals surface area contributed by atoms with Crippen molar-refractivity contribution in [3.8, 4) is 5.75 Å². The SMILES string of the molecule is COc1ccc(F)cc1C1(C2(CN)CC2)COC1. The summed E-state index contributed by atoms with van der Waals surface area (Å²) in [5.74, 6) is 0.504. The van der Waals surface area contributed by atoms with Crippen molar-refractivity contribution in [3.05, 3.63) is 29.6 Å². The molecule has 1 heterocycles. The molecule has 0 amide bonds. The second-order valence-corrected chi connectivity index (χ2v) is 5.40. The van der Waals surface area contributed by atoms with E-state index in [0.717, 1.165) is 24.2 Å². The van der Waals surface area contributed by atoms with Gasteiger partial charge in [0.25, 0.3) is 0 Å². The molecule has 0 unspecified atom stereocenters. The van der Waals surface area contributed by atoms with E-state index < -0.39 is 0 Å². The topological polar surface area (TPSA) is 44.5 Å². The van der Waals surface area contributed by atoms with Crippen molar-refractivity contribution >= 4 is 0 Å². The summed E-state index contributed by atoms with van der Waals surface area (Å²) in [6.45, 7) is 1.85. The lowest BCUT2D eigenvalue weighted by atomic mass is 9.65. The maximum absolute atomic E-state index is 13.6. The first-order chi connectivity index (χ1) is 8.67. The van der Waals surface area contributed by atoms with Crippen LogP contribution in [0, 0.1) is 11.2 Å². The normalized spacial score (nSPS) is 23.3. The van der Waals surface area contributed by atoms with Crippen LogP contribution in [0.1, 0.15) is 18.4 Å². The van der Waals surface area contributed by atoms with Crippen LogP contribution >= 0.6 is 0 Å². The molecule has 98 valence electrons. The Hall–Kier alpha value is -1.13. The van der Waals surface area contributed by atoms with Crippen LogP contribution in [0.25, 0.3) is 0 Å². The minimum atomic E-state index is -0.232. The average molecular weight is 251 g/mol. The summed E-state index contributed by atoms with van der Waals surface area (Å²) in [6.07, 6.45) is 2.18. The molecule has 3 rings (SSSR count). The number of ether oxygens (including phenoxy) is 2. The third-order valence-corrected chi connectivity index (χ3v) is 4.63. The second-order valence-electron chi connectivity index (χ2n) is 5.40. The highest BCUT2D eigenvalue weighted by Gasteiger charge is 2.63. The van der Waals surface area contributed by atoms with E-state index in [1.807, 2.05) is 0 Å². The van der Waals surface area contributed by atoms with E-state index in [0.29, 0.717) is 19.8 Å². The fourth-order valence-corrected chi connectivity index (χ4v) is 3.14. The Morgan fingerprint density at radius 1 is 1.39 bits per heavy atom. The molecule has 0 atom stereocenters. The van der Waals surface area contributed by atoms with Gasteiger partial charge in [0.05, 0.1) is 25.7 Å². The number of methoxy groups -OCH3 is 1. The molecule has 0 radical (unpaired) electrons. The molecule has 1 saturated carbocycles. The Balaban J connectivity index is 2.09. The Kier molecular flexibility index (Phi) is 2.61. The van der Waals surface area contributed by atoms with E-state index in [2.05, 4.69) is 0 Å². The molecule has 0 spiro atoms. The van der Waals surface area contributed by atoms with Crippen LogP contribution in [0.4, 0.5) is 4.39 Å². The molecule has 4 heteroatoms. The van der Waals surface area contributed by atoms with Gasteiger partial charge in [-0.25, -0.2) is 4.39 Å². The van der Waals surface area contributed by atoms with Gasteiger partial charge in [0.15, 0.2) is 0 Å². The van der Waals surface area contributed by atoms with Crippen LogP contribution in [-0.4, -0.2) is 26.9 Å². The van der Waals surface area contributed by atoms with Crippen molar-refractivity contribution in [3.63, 3.8) is 0 Å². The molecule has 3 nitrogen and oxygen atoms in total. The van der Waals surface area contributed by atoms with Crippen LogP contribution in [0.15, 0.2) is 18.2 Å². The number of halogens is 1. The molecule has 0 bridgehead atoms. The van der Waals surface area contributed by atoms with Crippen LogP contribution in [0.2, 0.25) is 0 Å². The Morgan fingerprint density at radius 2 is 2.11 bits per heavy atom. The lowest BCUT2D eigenvalue weighted by Crippen LogP contribution is -2.56. The van der Waals surface area contributed by atoms with Crippen molar-refractivity contribution in [2.75, 3.05) is 26.9 Å². The van der Waals surface area contributed by atoms with Crippen LogP contribution in [0.5, 0.6) is 5.75 Å². The molecule has 0 aromatic heterocycles. The van der Waals surface area contributed by atoms with E-state index in [1.54, 1.807) is 19.2 Å². The van der Waals surface area contributed by atoms with Crippen LogP contribution < -0.4 is 10.5 Å². The molecule has 1 aromatic carbocycles. The fourth-order valence-electron chi connectivity index (χ4n) is 3.14. The van der Waals surface area contributed by atoms with Gasteiger partial charge in [0.2, 0.25) is 0 Å². The molecule has 1 aliphatic carbocycles. The van der Waals surface area contributed by atoms with E-state index >= 15 is 0 Å². The maximum atomic E-state index is 13.6. The molecule has 2 fully saturated rings. The zero-order valence-corrected chi connectivity index (χ0v) is 10.5. The van der Waals surface area contributed by atoms with Gasteiger partial charge in [0.1, 0.15) is 11.6 Å². The van der Waals surface area contributed by atoms with E-state index in [9.17, 15) is 4.39 Å². The van der Waals surface area contributed by atoms with E-state index in [4.69, 9.17) is 15.2 Å². The highest BCUT2D eigenvalue weighted by molar-refractivity contribution is 5.45. The highest BCUT2D eigenvalue weighted by Crippen LogP contribution is 2.63. The minimum Gasteiger partial charge on any atom is -0.496 e. The smallest absolute Gasteiger partial charge is 0.123 e. The fraction of sp³-hybridized carbons (Fsp3) is 0.571. The van der Waals surface area contributed by atoms with Crippen LogP contribution in [-0.2, 0) is 10.2 Å². The lowest BCUT2D eigenvalue weighted by Gasteiger charge is -2.48. The molecule has 2 aliphatic rings. The third-order valence-electron chi connectivity index (χ3n) is 4.63. The first-order valence-corrected chi connectivity index (χ1v) is 6.29. The number of nitrogens with two attached hydrogens (primary N) is 1. The van der Waals surface area contributed by atoms with Gasteiger partial charge >= 0.3 is 0 Å². The summed E-state index contributed by atoms with van der Waals surface area (Å²) in [5.41, 5.74) is 6.78. The predicted octanol–water partition coefficient (Wildman–Crippen LogP) is 1.84. The molecule has 18 heavy (non-hydrogen) atoms. The zero-order chi connectivity index (χ0) is 12.8. The molecule has 1 aromatic rings.